The maximum Gasteiger partial charge on any atom is 0.278 e. The molecule has 1 unspecified atom stereocenters. The quantitative estimate of drug-likeness (QED) is 0.623. The van der Waals surface area contributed by atoms with Crippen molar-refractivity contribution in [1.29, 1.82) is 0 Å². The van der Waals surface area contributed by atoms with E-state index in [4.69, 9.17) is 0 Å². The second-order valence-corrected chi connectivity index (χ2v) is 4.55. The largest absolute Gasteiger partial charge is 0.317 e. The van der Waals surface area contributed by atoms with Crippen molar-refractivity contribution in [3.8, 4) is 0 Å². The van der Waals surface area contributed by atoms with E-state index in [1.165, 1.54) is 0 Å². The van der Waals surface area contributed by atoms with Crippen LogP contribution in [0.2, 0.25) is 0 Å². The van der Waals surface area contributed by atoms with Gasteiger partial charge in [-0.2, -0.15) is 0 Å². The van der Waals surface area contributed by atoms with Gasteiger partial charge in [0.05, 0.1) is 10.6 Å². The Bertz CT molecular complexity index is 428. The van der Waals surface area contributed by atoms with Crippen LogP contribution in [0.4, 0.5) is 5.69 Å². The molecule has 1 aromatic rings. The summed E-state index contributed by atoms with van der Waals surface area (Å²) in [6.45, 7) is 5.64. The molecule has 1 aromatic heterocycles. The Hall–Kier alpha value is -1.49. The third-order valence-electron chi connectivity index (χ3n) is 3.39. The lowest BCUT2D eigenvalue weighted by atomic mass is 10.0. The number of nitrogens with one attached hydrogen (secondary N) is 1. The van der Waals surface area contributed by atoms with Crippen LogP contribution in [0.3, 0.4) is 0 Å². The molecule has 5 heteroatoms. The molecule has 0 aliphatic carbocycles. The van der Waals surface area contributed by atoms with Gasteiger partial charge in [0.15, 0.2) is 0 Å². The van der Waals surface area contributed by atoms with E-state index in [0.717, 1.165) is 25.0 Å². The van der Waals surface area contributed by atoms with Crippen LogP contribution in [-0.4, -0.2) is 23.0 Å². The van der Waals surface area contributed by atoms with Crippen LogP contribution >= 0.6 is 0 Å². The summed E-state index contributed by atoms with van der Waals surface area (Å²) in [5, 5.41) is 14.2. The number of pyridine rings is 1. The molecule has 0 bridgehead atoms. The molecule has 0 aliphatic rings. The first kappa shape index (κ1) is 14.6. The highest BCUT2D eigenvalue weighted by atomic mass is 16.6. The molecule has 1 N–H and O–H groups in total. The van der Waals surface area contributed by atoms with Crippen molar-refractivity contribution in [3.63, 3.8) is 0 Å². The van der Waals surface area contributed by atoms with Gasteiger partial charge in [0.1, 0.15) is 0 Å². The predicted octanol–water partition coefficient (Wildman–Crippen LogP) is 2.54. The lowest BCUT2D eigenvalue weighted by molar-refractivity contribution is -0.386. The molecule has 1 heterocycles. The number of nitro groups is 1. The number of hydrogen-bond acceptors (Lipinski definition) is 4. The van der Waals surface area contributed by atoms with E-state index in [1.54, 1.807) is 20.0 Å². The molecule has 18 heavy (non-hydrogen) atoms. The maximum atomic E-state index is 11.0. The van der Waals surface area contributed by atoms with E-state index in [2.05, 4.69) is 17.2 Å². The van der Waals surface area contributed by atoms with Gasteiger partial charge >= 0.3 is 0 Å². The molecular weight excluding hydrogens is 230 g/mol. The molecule has 1 rings (SSSR count). The topological polar surface area (TPSA) is 68.1 Å². The van der Waals surface area contributed by atoms with Gasteiger partial charge in [-0.15, -0.1) is 0 Å². The summed E-state index contributed by atoms with van der Waals surface area (Å²) < 4.78 is 0. The van der Waals surface area contributed by atoms with Gasteiger partial charge in [-0.3, -0.25) is 15.1 Å². The Morgan fingerprint density at radius 3 is 2.67 bits per heavy atom. The Morgan fingerprint density at radius 1 is 1.50 bits per heavy atom. The van der Waals surface area contributed by atoms with E-state index in [0.29, 0.717) is 17.2 Å². The fourth-order valence-corrected chi connectivity index (χ4v) is 2.16. The molecule has 0 fully saturated rings. The van der Waals surface area contributed by atoms with Gasteiger partial charge in [-0.1, -0.05) is 6.92 Å². The first-order chi connectivity index (χ1) is 8.51. The van der Waals surface area contributed by atoms with Crippen molar-refractivity contribution in [2.45, 2.75) is 46.1 Å². The van der Waals surface area contributed by atoms with Gasteiger partial charge in [0.25, 0.3) is 5.69 Å². The van der Waals surface area contributed by atoms with Crippen LogP contribution in [-0.2, 0) is 6.42 Å². The van der Waals surface area contributed by atoms with Gasteiger partial charge in [0, 0.05) is 23.4 Å². The molecular formula is C13H21N3O2. The third kappa shape index (κ3) is 3.26. The molecule has 5 nitrogen and oxygen atoms in total. The summed E-state index contributed by atoms with van der Waals surface area (Å²) in [5.74, 6) is 0. The summed E-state index contributed by atoms with van der Waals surface area (Å²) in [7, 11) is 1.94. The van der Waals surface area contributed by atoms with Crippen LogP contribution in [0.25, 0.3) is 0 Å². The highest BCUT2D eigenvalue weighted by Gasteiger charge is 2.18. The normalized spacial score (nSPS) is 12.4. The molecule has 0 amide bonds. The minimum atomic E-state index is -0.314. The zero-order valence-electron chi connectivity index (χ0n) is 11.5. The van der Waals surface area contributed by atoms with Crippen molar-refractivity contribution in [2.24, 2.45) is 0 Å². The number of hydrogen-bond donors (Lipinski definition) is 1. The number of aryl methyl sites for hydroxylation is 2. The molecule has 0 saturated heterocycles. The summed E-state index contributed by atoms with van der Waals surface area (Å²) >= 11 is 0. The van der Waals surface area contributed by atoms with Crippen LogP contribution < -0.4 is 5.32 Å². The number of nitrogens with zero attached hydrogens (tertiary/aromatic N) is 2. The van der Waals surface area contributed by atoms with Crippen LogP contribution in [0.15, 0.2) is 6.20 Å². The van der Waals surface area contributed by atoms with E-state index in [-0.39, 0.29) is 10.6 Å². The zero-order valence-corrected chi connectivity index (χ0v) is 11.5. The fraction of sp³-hybridized carbons (Fsp3) is 0.615. The summed E-state index contributed by atoms with van der Waals surface area (Å²) in [6, 6.07) is 0.437. The Labute approximate surface area is 108 Å². The van der Waals surface area contributed by atoms with Crippen molar-refractivity contribution >= 4 is 5.69 Å². The molecule has 0 aromatic carbocycles. The van der Waals surface area contributed by atoms with Gasteiger partial charge < -0.3 is 5.32 Å². The van der Waals surface area contributed by atoms with Gasteiger partial charge in [-0.05, 0) is 40.2 Å². The minimum Gasteiger partial charge on any atom is -0.317 e. The summed E-state index contributed by atoms with van der Waals surface area (Å²) in [6.07, 6.45) is 4.36. The monoisotopic (exact) mass is 251 g/mol. The van der Waals surface area contributed by atoms with E-state index in [1.807, 2.05) is 7.05 Å². The predicted molar refractivity (Wildman–Crippen MR) is 71.8 cm³/mol. The first-order valence-electron chi connectivity index (χ1n) is 6.28. The molecule has 0 spiro atoms. The summed E-state index contributed by atoms with van der Waals surface area (Å²) in [4.78, 5) is 15.0. The Balaban J connectivity index is 2.91. The van der Waals surface area contributed by atoms with E-state index in [9.17, 15) is 10.1 Å². The highest BCUT2D eigenvalue weighted by molar-refractivity contribution is 5.47. The average molecular weight is 251 g/mol. The molecule has 0 radical (unpaired) electrons. The minimum absolute atomic E-state index is 0.206. The molecule has 100 valence electrons. The van der Waals surface area contributed by atoms with E-state index < -0.39 is 0 Å². The Kier molecular flexibility index (Phi) is 5.22. The van der Waals surface area contributed by atoms with Crippen molar-refractivity contribution in [2.75, 3.05) is 7.05 Å². The molecule has 1 atom stereocenters. The summed E-state index contributed by atoms with van der Waals surface area (Å²) in [5.41, 5.74) is 2.37. The van der Waals surface area contributed by atoms with E-state index >= 15 is 0 Å². The standard InChI is InChI=1S/C13H21N3O2/c1-5-11(14-4)6-7-12-10(3)13(16(17)18)9(2)8-15-12/h8,11,14H,5-7H2,1-4H3. The fourth-order valence-electron chi connectivity index (χ4n) is 2.16. The van der Waals surface area contributed by atoms with Crippen LogP contribution in [0.5, 0.6) is 0 Å². The number of rotatable bonds is 6. The lowest BCUT2D eigenvalue weighted by Crippen LogP contribution is -2.24. The second kappa shape index (κ2) is 6.44. The third-order valence-corrected chi connectivity index (χ3v) is 3.39. The lowest BCUT2D eigenvalue weighted by Gasteiger charge is -2.14. The molecule has 0 saturated carbocycles. The van der Waals surface area contributed by atoms with Crippen molar-refractivity contribution in [3.05, 3.63) is 33.1 Å². The van der Waals surface area contributed by atoms with Crippen molar-refractivity contribution in [1.82, 2.24) is 10.3 Å². The highest BCUT2D eigenvalue weighted by Crippen LogP contribution is 2.24. The SMILES string of the molecule is CCC(CCc1ncc(C)c([N+](=O)[O-])c1C)NC. The maximum absolute atomic E-state index is 11.0. The second-order valence-electron chi connectivity index (χ2n) is 4.55. The Morgan fingerprint density at radius 2 is 2.17 bits per heavy atom. The van der Waals surface area contributed by atoms with Gasteiger partial charge in [-0.25, -0.2) is 0 Å². The molecule has 0 aliphatic heterocycles. The van der Waals surface area contributed by atoms with Crippen LogP contribution in [0, 0.1) is 24.0 Å². The van der Waals surface area contributed by atoms with Crippen molar-refractivity contribution < 1.29 is 4.92 Å². The smallest absolute Gasteiger partial charge is 0.278 e. The first-order valence-corrected chi connectivity index (χ1v) is 6.28. The van der Waals surface area contributed by atoms with Gasteiger partial charge in [0.2, 0.25) is 0 Å². The van der Waals surface area contributed by atoms with Crippen LogP contribution in [0.1, 0.15) is 36.6 Å². The zero-order chi connectivity index (χ0) is 13.7. The number of aromatic nitrogens is 1. The average Bonchev–Trinajstić information content (AvgIpc) is 2.32.